The molecule has 146 valence electrons. The predicted octanol–water partition coefficient (Wildman–Crippen LogP) is 3.67. The number of ether oxygens (including phenoxy) is 1. The number of hydrogen-bond acceptors (Lipinski definition) is 6. The van der Waals surface area contributed by atoms with E-state index in [1.807, 2.05) is 0 Å². The summed E-state index contributed by atoms with van der Waals surface area (Å²) in [6.45, 7) is 1.78. The van der Waals surface area contributed by atoms with Crippen LogP contribution < -0.4 is 0 Å². The molecular formula is C19H18FN3O5. The highest BCUT2D eigenvalue weighted by molar-refractivity contribution is 5.69. The molecule has 0 spiro atoms. The lowest BCUT2D eigenvalue weighted by molar-refractivity contribution is -0.392. The summed E-state index contributed by atoms with van der Waals surface area (Å²) >= 11 is 0. The van der Waals surface area contributed by atoms with Crippen molar-refractivity contribution < 1.29 is 23.3 Å². The van der Waals surface area contributed by atoms with Gasteiger partial charge in [0.1, 0.15) is 36.7 Å². The minimum absolute atomic E-state index is 0.00446. The maximum Gasteiger partial charge on any atom is 0.342 e. The van der Waals surface area contributed by atoms with Crippen molar-refractivity contribution in [2.75, 3.05) is 6.61 Å². The van der Waals surface area contributed by atoms with Crippen molar-refractivity contribution in [3.63, 3.8) is 0 Å². The Morgan fingerprint density at radius 1 is 1.32 bits per heavy atom. The van der Waals surface area contributed by atoms with Gasteiger partial charge in [0, 0.05) is 13.3 Å². The number of nitro groups is 1. The Labute approximate surface area is 159 Å². The highest BCUT2D eigenvalue weighted by Gasteiger charge is 2.17. The van der Waals surface area contributed by atoms with Crippen molar-refractivity contribution in [2.24, 2.45) is 0 Å². The molecule has 0 unspecified atom stereocenters. The lowest BCUT2D eigenvalue weighted by Crippen LogP contribution is -2.14. The maximum absolute atomic E-state index is 13.8. The number of esters is 1. The molecular weight excluding hydrogens is 369 g/mol. The zero-order valence-electron chi connectivity index (χ0n) is 15.1. The van der Waals surface area contributed by atoms with Gasteiger partial charge in [0.25, 0.3) is 0 Å². The summed E-state index contributed by atoms with van der Waals surface area (Å²) in [5.74, 6) is 0.417. The number of carbonyl (C=O) groups is 1. The molecule has 3 aromatic rings. The standard InChI is InChI=1S/C19H18FN3O5/c1-13-21-12-18(23(25)26)22(13)10-11-27-19(24)9-7-14-6-8-17(28-14)15-4-2-3-5-16(15)20/h2-6,8,12H,7,9-11H2,1H3. The number of aryl methyl sites for hydroxylation is 2. The summed E-state index contributed by atoms with van der Waals surface area (Å²) in [6.07, 6.45) is 1.55. The molecule has 8 nitrogen and oxygen atoms in total. The number of aromatic nitrogens is 2. The third-order valence-electron chi connectivity index (χ3n) is 4.18. The van der Waals surface area contributed by atoms with Gasteiger partial charge in [-0.2, -0.15) is 0 Å². The van der Waals surface area contributed by atoms with E-state index in [0.29, 0.717) is 29.3 Å². The van der Waals surface area contributed by atoms with Crippen LogP contribution in [0.5, 0.6) is 0 Å². The summed E-state index contributed by atoms with van der Waals surface area (Å²) in [5, 5.41) is 10.9. The van der Waals surface area contributed by atoms with Crippen molar-refractivity contribution in [1.82, 2.24) is 9.55 Å². The fourth-order valence-corrected chi connectivity index (χ4v) is 2.74. The Morgan fingerprint density at radius 2 is 2.11 bits per heavy atom. The molecule has 2 heterocycles. The Hall–Kier alpha value is -3.49. The van der Waals surface area contributed by atoms with Gasteiger partial charge < -0.3 is 19.3 Å². The minimum Gasteiger partial charge on any atom is -0.461 e. The predicted molar refractivity (Wildman–Crippen MR) is 97.0 cm³/mol. The lowest BCUT2D eigenvalue weighted by Gasteiger charge is -2.05. The second-order valence-corrected chi connectivity index (χ2v) is 6.04. The quantitative estimate of drug-likeness (QED) is 0.332. The van der Waals surface area contributed by atoms with Gasteiger partial charge in [-0.3, -0.25) is 4.79 Å². The second-order valence-electron chi connectivity index (χ2n) is 6.04. The number of nitrogens with zero attached hydrogens (tertiary/aromatic N) is 3. The summed E-state index contributed by atoms with van der Waals surface area (Å²) < 4.78 is 25.9. The molecule has 3 rings (SSSR count). The van der Waals surface area contributed by atoms with E-state index in [1.54, 1.807) is 37.3 Å². The van der Waals surface area contributed by atoms with Gasteiger partial charge in [-0.25, -0.2) is 13.9 Å². The van der Waals surface area contributed by atoms with Crippen LogP contribution in [0.25, 0.3) is 11.3 Å². The molecule has 0 saturated heterocycles. The van der Waals surface area contributed by atoms with Crippen LogP contribution in [0.4, 0.5) is 10.2 Å². The number of hydrogen-bond donors (Lipinski definition) is 0. The molecule has 1 aromatic carbocycles. The van der Waals surface area contributed by atoms with E-state index in [0.717, 1.165) is 0 Å². The minimum atomic E-state index is -0.536. The summed E-state index contributed by atoms with van der Waals surface area (Å²) in [6, 6.07) is 9.61. The van der Waals surface area contributed by atoms with Crippen LogP contribution in [0.15, 0.2) is 47.0 Å². The van der Waals surface area contributed by atoms with E-state index in [1.165, 1.54) is 16.8 Å². The zero-order valence-corrected chi connectivity index (χ0v) is 15.1. The molecule has 0 aliphatic carbocycles. The molecule has 0 saturated carbocycles. The third kappa shape index (κ3) is 4.43. The highest BCUT2D eigenvalue weighted by Crippen LogP contribution is 2.25. The molecule has 0 bridgehead atoms. The van der Waals surface area contributed by atoms with Crippen molar-refractivity contribution in [3.8, 4) is 11.3 Å². The Kier molecular flexibility index (Phi) is 5.83. The molecule has 2 aromatic heterocycles. The fourth-order valence-electron chi connectivity index (χ4n) is 2.74. The van der Waals surface area contributed by atoms with Crippen molar-refractivity contribution in [3.05, 3.63) is 70.1 Å². The lowest BCUT2D eigenvalue weighted by atomic mass is 10.1. The van der Waals surface area contributed by atoms with Crippen LogP contribution in [-0.4, -0.2) is 27.1 Å². The number of benzene rings is 1. The van der Waals surface area contributed by atoms with Crippen LogP contribution >= 0.6 is 0 Å². The molecule has 0 radical (unpaired) electrons. The second kappa shape index (κ2) is 8.47. The normalized spacial score (nSPS) is 10.8. The number of halogens is 1. The summed E-state index contributed by atoms with van der Waals surface area (Å²) in [5.41, 5.74) is 0.355. The molecule has 0 amide bonds. The van der Waals surface area contributed by atoms with E-state index in [4.69, 9.17) is 9.15 Å². The van der Waals surface area contributed by atoms with E-state index >= 15 is 0 Å². The number of imidazole rings is 1. The molecule has 0 aliphatic rings. The topological polar surface area (TPSA) is 100 Å². The van der Waals surface area contributed by atoms with Gasteiger partial charge in [0.05, 0.1) is 12.0 Å². The Morgan fingerprint density at radius 3 is 2.86 bits per heavy atom. The van der Waals surface area contributed by atoms with Crippen molar-refractivity contribution in [1.29, 1.82) is 0 Å². The average molecular weight is 387 g/mol. The monoisotopic (exact) mass is 387 g/mol. The van der Waals surface area contributed by atoms with Gasteiger partial charge in [-0.05, 0) is 29.2 Å². The first kappa shape index (κ1) is 19.3. The molecule has 28 heavy (non-hydrogen) atoms. The van der Waals surface area contributed by atoms with Gasteiger partial charge in [0.15, 0.2) is 5.82 Å². The smallest absolute Gasteiger partial charge is 0.342 e. The molecule has 9 heteroatoms. The Balaban J connectivity index is 1.48. The summed E-state index contributed by atoms with van der Waals surface area (Å²) in [7, 11) is 0. The third-order valence-corrected chi connectivity index (χ3v) is 4.18. The van der Waals surface area contributed by atoms with Gasteiger partial charge in [0.2, 0.25) is 0 Å². The first-order chi connectivity index (χ1) is 13.5. The largest absolute Gasteiger partial charge is 0.461 e. The van der Waals surface area contributed by atoms with E-state index in [-0.39, 0.29) is 31.2 Å². The molecule has 0 N–H and O–H groups in total. The SMILES string of the molecule is Cc1ncc([N+](=O)[O-])n1CCOC(=O)CCc1ccc(-c2ccccc2F)o1. The van der Waals surface area contributed by atoms with Gasteiger partial charge >= 0.3 is 11.8 Å². The number of rotatable bonds is 8. The van der Waals surface area contributed by atoms with Crippen LogP contribution in [0.3, 0.4) is 0 Å². The molecule has 0 fully saturated rings. The van der Waals surface area contributed by atoms with Gasteiger partial charge in [-0.1, -0.05) is 12.1 Å². The Bertz CT molecular complexity index is 995. The number of carbonyl (C=O) groups excluding carboxylic acids is 1. The average Bonchev–Trinajstić information content (AvgIpc) is 3.28. The first-order valence-corrected chi connectivity index (χ1v) is 8.61. The maximum atomic E-state index is 13.8. The van der Waals surface area contributed by atoms with Crippen LogP contribution in [0, 0.1) is 22.9 Å². The number of furan rings is 1. The van der Waals surface area contributed by atoms with Gasteiger partial charge in [-0.15, -0.1) is 0 Å². The van der Waals surface area contributed by atoms with Crippen LogP contribution in [-0.2, 0) is 22.5 Å². The fraction of sp³-hybridized carbons (Fsp3) is 0.263. The van der Waals surface area contributed by atoms with Crippen molar-refractivity contribution >= 4 is 11.8 Å². The highest BCUT2D eigenvalue weighted by atomic mass is 19.1. The van der Waals surface area contributed by atoms with E-state index < -0.39 is 10.9 Å². The van der Waals surface area contributed by atoms with Crippen molar-refractivity contribution in [2.45, 2.75) is 26.3 Å². The van der Waals surface area contributed by atoms with Crippen LogP contribution in [0.2, 0.25) is 0 Å². The molecule has 0 atom stereocenters. The van der Waals surface area contributed by atoms with E-state index in [9.17, 15) is 19.3 Å². The van der Waals surface area contributed by atoms with Crippen LogP contribution in [0.1, 0.15) is 18.0 Å². The zero-order chi connectivity index (χ0) is 20.1. The van der Waals surface area contributed by atoms with E-state index in [2.05, 4.69) is 4.98 Å². The molecule has 0 aliphatic heterocycles. The summed E-state index contributed by atoms with van der Waals surface area (Å²) in [4.78, 5) is 26.2. The first-order valence-electron chi connectivity index (χ1n) is 8.61.